The smallest absolute Gasteiger partial charge is 0.215 e. The van der Waals surface area contributed by atoms with E-state index in [1.165, 1.54) is 4.31 Å². The minimum atomic E-state index is -3.51. The van der Waals surface area contributed by atoms with E-state index in [1.807, 2.05) is 18.2 Å². The molecule has 1 aliphatic heterocycles. The summed E-state index contributed by atoms with van der Waals surface area (Å²) in [5.74, 6) is 1.37. The quantitative estimate of drug-likeness (QED) is 0.426. The van der Waals surface area contributed by atoms with Crippen LogP contribution in [-0.4, -0.2) is 70.9 Å². The molecule has 4 rings (SSSR count). The molecule has 176 valence electrons. The molecule has 1 fully saturated rings. The van der Waals surface area contributed by atoms with E-state index in [0.29, 0.717) is 51.3 Å². The lowest BCUT2D eigenvalue weighted by atomic mass is 10.1. The van der Waals surface area contributed by atoms with Crippen LogP contribution >= 0.6 is 0 Å². The number of piperazine rings is 1. The van der Waals surface area contributed by atoms with Crippen molar-refractivity contribution in [1.29, 1.82) is 0 Å². The molecule has 4 heterocycles. The van der Waals surface area contributed by atoms with Gasteiger partial charge in [0.05, 0.1) is 18.3 Å². The van der Waals surface area contributed by atoms with Crippen molar-refractivity contribution in [3.8, 4) is 11.1 Å². The van der Waals surface area contributed by atoms with Crippen LogP contribution in [0.3, 0.4) is 0 Å². The third kappa shape index (κ3) is 6.14. The fourth-order valence-electron chi connectivity index (χ4n) is 3.88. The lowest BCUT2D eigenvalue weighted by Gasteiger charge is -2.35. The molecule has 0 aliphatic carbocycles. The van der Waals surface area contributed by atoms with Crippen molar-refractivity contribution in [3.63, 3.8) is 0 Å². The van der Waals surface area contributed by atoms with Gasteiger partial charge in [-0.25, -0.2) is 28.8 Å². The highest BCUT2D eigenvalue weighted by molar-refractivity contribution is 7.89. The van der Waals surface area contributed by atoms with Crippen molar-refractivity contribution < 1.29 is 18.0 Å². The third-order valence-electron chi connectivity index (χ3n) is 5.72. The monoisotopic (exact) mass is 472 g/mol. The van der Waals surface area contributed by atoms with Crippen molar-refractivity contribution in [3.05, 3.63) is 61.2 Å². The van der Waals surface area contributed by atoms with E-state index in [2.05, 4.69) is 25.3 Å². The summed E-state index contributed by atoms with van der Waals surface area (Å²) in [7, 11) is -3.51. The summed E-state index contributed by atoms with van der Waals surface area (Å²) < 4.78 is 32.4. The molecule has 0 saturated carbocycles. The zero-order valence-electron chi connectivity index (χ0n) is 18.2. The minimum absolute atomic E-state index is 0.156. The number of hydroxylamine groups is 1. The molecule has 0 aromatic carbocycles. The SMILES string of the molecule is O=S(=O)(CC(CCCc1ncccn1)NO)N1CCN(c2ccc(-c3ccoc3)cn2)CC1. The highest BCUT2D eigenvalue weighted by atomic mass is 32.2. The fourth-order valence-corrected chi connectivity index (χ4v) is 5.56. The molecule has 2 N–H and O–H groups in total. The number of hydrogen-bond acceptors (Lipinski definition) is 9. The van der Waals surface area contributed by atoms with Crippen LogP contribution in [0.15, 0.2) is 59.8 Å². The van der Waals surface area contributed by atoms with Gasteiger partial charge in [0.25, 0.3) is 0 Å². The number of anilines is 1. The second-order valence-corrected chi connectivity index (χ2v) is 9.98. The number of hydrogen-bond donors (Lipinski definition) is 2. The largest absolute Gasteiger partial charge is 0.472 e. The highest BCUT2D eigenvalue weighted by Gasteiger charge is 2.29. The van der Waals surface area contributed by atoms with Crippen molar-refractivity contribution in [2.45, 2.75) is 25.3 Å². The van der Waals surface area contributed by atoms with E-state index in [-0.39, 0.29) is 5.75 Å². The molecular weight excluding hydrogens is 444 g/mol. The zero-order chi connectivity index (χ0) is 23.1. The summed E-state index contributed by atoms with van der Waals surface area (Å²) in [5, 5.41) is 9.48. The summed E-state index contributed by atoms with van der Waals surface area (Å²) in [4.78, 5) is 14.9. The van der Waals surface area contributed by atoms with Crippen molar-refractivity contribution in [2.24, 2.45) is 0 Å². The Labute approximate surface area is 193 Å². The Bertz CT molecular complexity index is 1090. The van der Waals surface area contributed by atoms with Crippen LogP contribution in [0.25, 0.3) is 11.1 Å². The van der Waals surface area contributed by atoms with E-state index in [9.17, 15) is 13.6 Å². The Morgan fingerprint density at radius 2 is 1.85 bits per heavy atom. The van der Waals surface area contributed by atoms with Crippen molar-refractivity contribution in [2.75, 3.05) is 36.8 Å². The average molecular weight is 473 g/mol. The van der Waals surface area contributed by atoms with E-state index in [1.54, 1.807) is 37.2 Å². The molecule has 1 unspecified atom stereocenters. The van der Waals surface area contributed by atoms with Crippen LogP contribution in [-0.2, 0) is 16.4 Å². The summed E-state index contributed by atoms with van der Waals surface area (Å²) in [6, 6.07) is 7.00. The molecule has 0 spiro atoms. The van der Waals surface area contributed by atoms with Gasteiger partial charge in [0.2, 0.25) is 10.0 Å². The van der Waals surface area contributed by atoms with Crippen LogP contribution in [0.2, 0.25) is 0 Å². The Kier molecular flexibility index (Phi) is 7.65. The van der Waals surface area contributed by atoms with Gasteiger partial charge >= 0.3 is 0 Å². The Morgan fingerprint density at radius 3 is 2.48 bits per heavy atom. The van der Waals surface area contributed by atoms with E-state index >= 15 is 0 Å². The number of pyridine rings is 1. The van der Waals surface area contributed by atoms with Gasteiger partial charge in [-0.15, -0.1) is 0 Å². The maximum Gasteiger partial charge on any atom is 0.215 e. The normalized spacial score (nSPS) is 16.1. The van der Waals surface area contributed by atoms with Crippen LogP contribution in [0.1, 0.15) is 18.7 Å². The highest BCUT2D eigenvalue weighted by Crippen LogP contribution is 2.22. The first-order valence-electron chi connectivity index (χ1n) is 10.9. The molecule has 0 bridgehead atoms. The first kappa shape index (κ1) is 23.3. The molecule has 33 heavy (non-hydrogen) atoms. The molecule has 1 saturated heterocycles. The number of nitrogens with one attached hydrogen (secondary N) is 1. The summed E-state index contributed by atoms with van der Waals surface area (Å²) >= 11 is 0. The Balaban J connectivity index is 1.27. The Hall–Kier alpha value is -2.86. The number of furan rings is 1. The predicted octanol–water partition coefficient (Wildman–Crippen LogP) is 1.95. The van der Waals surface area contributed by atoms with Gasteiger partial charge in [0.15, 0.2) is 0 Å². The molecule has 11 heteroatoms. The van der Waals surface area contributed by atoms with Gasteiger partial charge in [0, 0.05) is 68.4 Å². The van der Waals surface area contributed by atoms with E-state index < -0.39 is 16.1 Å². The maximum atomic E-state index is 12.9. The lowest BCUT2D eigenvalue weighted by molar-refractivity contribution is 0.128. The van der Waals surface area contributed by atoms with Gasteiger partial charge in [-0.2, -0.15) is 4.31 Å². The fraction of sp³-hybridized carbons (Fsp3) is 0.409. The minimum Gasteiger partial charge on any atom is -0.472 e. The van der Waals surface area contributed by atoms with Gasteiger partial charge in [-0.05, 0) is 37.1 Å². The summed E-state index contributed by atoms with van der Waals surface area (Å²) in [6.45, 7) is 1.87. The van der Waals surface area contributed by atoms with Crippen LogP contribution in [0.5, 0.6) is 0 Å². The first-order valence-corrected chi connectivity index (χ1v) is 12.5. The summed E-state index contributed by atoms with van der Waals surface area (Å²) in [6.07, 6.45) is 10.2. The van der Waals surface area contributed by atoms with E-state index in [4.69, 9.17) is 4.42 Å². The molecule has 1 aliphatic rings. The van der Waals surface area contributed by atoms with Crippen molar-refractivity contribution >= 4 is 15.8 Å². The van der Waals surface area contributed by atoms with Gasteiger partial charge < -0.3 is 14.5 Å². The molecule has 1 atom stereocenters. The number of sulfonamides is 1. The third-order valence-corrected chi connectivity index (χ3v) is 7.70. The van der Waals surface area contributed by atoms with Crippen LogP contribution in [0.4, 0.5) is 5.82 Å². The van der Waals surface area contributed by atoms with Gasteiger partial charge in [-0.3, -0.25) is 0 Å². The topological polar surface area (TPSA) is 125 Å². The molecule has 0 radical (unpaired) electrons. The molecule has 3 aromatic heterocycles. The Morgan fingerprint density at radius 1 is 1.06 bits per heavy atom. The van der Waals surface area contributed by atoms with E-state index in [0.717, 1.165) is 16.9 Å². The molecule has 3 aromatic rings. The lowest BCUT2D eigenvalue weighted by Crippen LogP contribution is -2.51. The average Bonchev–Trinajstić information content (AvgIpc) is 3.39. The second-order valence-electron chi connectivity index (χ2n) is 7.97. The van der Waals surface area contributed by atoms with Crippen LogP contribution in [0, 0.1) is 0 Å². The number of nitrogens with zero attached hydrogens (tertiary/aromatic N) is 5. The first-order chi connectivity index (χ1) is 16.0. The molecule has 0 amide bonds. The maximum absolute atomic E-state index is 12.9. The number of aromatic nitrogens is 3. The predicted molar refractivity (Wildman–Crippen MR) is 123 cm³/mol. The number of aryl methyl sites for hydroxylation is 1. The summed E-state index contributed by atoms with van der Waals surface area (Å²) in [5.41, 5.74) is 4.09. The standard InChI is InChI=1S/C22H28N6O4S/c29-26-20(3-1-4-21-23-8-2-9-24-21)17-33(30,31)28-12-10-27(11-13-28)22-6-5-18(15-25-22)19-7-14-32-16-19/h2,5-9,14-16,20,26,29H,1,3-4,10-13,17H2. The van der Waals surface area contributed by atoms with Gasteiger partial charge in [-0.1, -0.05) is 0 Å². The second kappa shape index (κ2) is 10.8. The molecular formula is C22H28N6O4S. The van der Waals surface area contributed by atoms with Crippen LogP contribution < -0.4 is 10.4 Å². The van der Waals surface area contributed by atoms with Gasteiger partial charge in [0.1, 0.15) is 11.6 Å². The van der Waals surface area contributed by atoms with Crippen molar-refractivity contribution in [1.82, 2.24) is 24.7 Å². The number of rotatable bonds is 10. The zero-order valence-corrected chi connectivity index (χ0v) is 19.1. The molecule has 10 nitrogen and oxygen atoms in total.